The summed E-state index contributed by atoms with van der Waals surface area (Å²) in [6.45, 7) is 2.25. The van der Waals surface area contributed by atoms with Gasteiger partial charge in [-0.25, -0.2) is 0 Å². The van der Waals surface area contributed by atoms with Crippen LogP contribution in [0.25, 0.3) is 0 Å². The first kappa shape index (κ1) is 13.6. The minimum Gasteiger partial charge on any atom is -0.496 e. The number of rotatable bonds is 2. The second-order valence-corrected chi connectivity index (χ2v) is 5.34. The van der Waals surface area contributed by atoms with E-state index in [1.807, 2.05) is 13.0 Å². The molecule has 110 valence electrons. The lowest BCUT2D eigenvalue weighted by Gasteiger charge is -2.29. The SMILES string of the molecule is COc1c(C)ccc2c1CN(C1CCC(=O)NC1=O)C2=O. The van der Waals surface area contributed by atoms with Gasteiger partial charge in [0.1, 0.15) is 11.8 Å². The number of nitrogens with one attached hydrogen (secondary N) is 1. The molecule has 6 nitrogen and oxygen atoms in total. The largest absolute Gasteiger partial charge is 0.496 e. The lowest BCUT2D eigenvalue weighted by Crippen LogP contribution is -2.52. The van der Waals surface area contributed by atoms with Gasteiger partial charge in [-0.05, 0) is 25.0 Å². The van der Waals surface area contributed by atoms with Crippen LogP contribution in [0.15, 0.2) is 12.1 Å². The van der Waals surface area contributed by atoms with Gasteiger partial charge in [-0.1, -0.05) is 6.07 Å². The number of piperidine rings is 1. The molecule has 0 radical (unpaired) electrons. The molecule has 2 aliphatic heterocycles. The fourth-order valence-corrected chi connectivity index (χ4v) is 3.01. The minimum absolute atomic E-state index is 0.183. The fraction of sp³-hybridized carbons (Fsp3) is 0.400. The molecule has 3 amide bonds. The topological polar surface area (TPSA) is 75.7 Å². The Kier molecular flexibility index (Phi) is 3.16. The Balaban J connectivity index is 1.93. The van der Waals surface area contributed by atoms with Crippen LogP contribution in [0.4, 0.5) is 0 Å². The highest BCUT2D eigenvalue weighted by Crippen LogP contribution is 2.35. The number of amides is 3. The Hall–Kier alpha value is -2.37. The van der Waals surface area contributed by atoms with E-state index in [-0.39, 0.29) is 18.2 Å². The zero-order valence-electron chi connectivity index (χ0n) is 11.9. The first-order chi connectivity index (χ1) is 10.0. The standard InChI is InChI=1S/C15H16N2O4/c1-8-3-4-9-10(13(8)21-2)7-17(15(9)20)11-5-6-12(18)16-14(11)19/h3-4,11H,5-7H2,1-2H3,(H,16,18,19). The number of carbonyl (C=O) groups excluding carboxylic acids is 3. The van der Waals surface area contributed by atoms with Crippen molar-refractivity contribution in [2.75, 3.05) is 7.11 Å². The number of ether oxygens (including phenoxy) is 1. The minimum atomic E-state index is -0.590. The predicted octanol–water partition coefficient (Wildman–Crippen LogP) is 0.765. The second-order valence-electron chi connectivity index (χ2n) is 5.34. The van der Waals surface area contributed by atoms with Crippen LogP contribution in [0.3, 0.4) is 0 Å². The molecule has 2 heterocycles. The highest BCUT2D eigenvalue weighted by atomic mass is 16.5. The van der Waals surface area contributed by atoms with E-state index in [1.54, 1.807) is 13.2 Å². The van der Waals surface area contributed by atoms with Crippen LogP contribution in [0.1, 0.15) is 34.3 Å². The number of carbonyl (C=O) groups is 3. The summed E-state index contributed by atoms with van der Waals surface area (Å²) in [5.41, 5.74) is 2.34. The molecule has 0 aliphatic carbocycles. The van der Waals surface area contributed by atoms with Crippen molar-refractivity contribution in [3.8, 4) is 5.75 Å². The van der Waals surface area contributed by atoms with E-state index in [2.05, 4.69) is 5.32 Å². The number of benzene rings is 1. The normalized spacial score (nSPS) is 21.3. The second kappa shape index (κ2) is 4.87. The summed E-state index contributed by atoms with van der Waals surface area (Å²) in [6.07, 6.45) is 0.623. The zero-order chi connectivity index (χ0) is 15.1. The number of methoxy groups -OCH3 is 1. The summed E-state index contributed by atoms with van der Waals surface area (Å²) in [6, 6.07) is 3.01. The zero-order valence-corrected chi connectivity index (χ0v) is 11.9. The molecule has 1 aromatic carbocycles. The Morgan fingerprint density at radius 3 is 2.71 bits per heavy atom. The lowest BCUT2D eigenvalue weighted by atomic mass is 10.0. The van der Waals surface area contributed by atoms with Crippen molar-refractivity contribution in [2.24, 2.45) is 0 Å². The van der Waals surface area contributed by atoms with Gasteiger partial charge in [-0.15, -0.1) is 0 Å². The smallest absolute Gasteiger partial charge is 0.255 e. The van der Waals surface area contributed by atoms with E-state index in [1.165, 1.54) is 4.90 Å². The van der Waals surface area contributed by atoms with Crippen LogP contribution in [-0.4, -0.2) is 35.8 Å². The number of imide groups is 1. The van der Waals surface area contributed by atoms with Crippen molar-refractivity contribution in [3.63, 3.8) is 0 Å². The Morgan fingerprint density at radius 1 is 1.29 bits per heavy atom. The summed E-state index contributed by atoms with van der Waals surface area (Å²) in [5, 5.41) is 2.29. The fourth-order valence-electron chi connectivity index (χ4n) is 3.01. The third kappa shape index (κ3) is 2.07. The van der Waals surface area contributed by atoms with E-state index in [4.69, 9.17) is 4.74 Å². The molecule has 0 spiro atoms. The molecule has 1 atom stereocenters. The summed E-state index contributed by atoms with van der Waals surface area (Å²) in [5.74, 6) is -0.176. The van der Waals surface area contributed by atoms with E-state index >= 15 is 0 Å². The van der Waals surface area contributed by atoms with Crippen molar-refractivity contribution >= 4 is 17.7 Å². The van der Waals surface area contributed by atoms with Crippen LogP contribution < -0.4 is 10.1 Å². The summed E-state index contributed by atoms with van der Waals surface area (Å²) in [4.78, 5) is 37.2. The molecule has 0 saturated carbocycles. The van der Waals surface area contributed by atoms with E-state index in [0.717, 1.165) is 11.1 Å². The highest BCUT2D eigenvalue weighted by molar-refractivity contribution is 6.05. The van der Waals surface area contributed by atoms with Crippen LogP contribution >= 0.6 is 0 Å². The molecule has 0 aromatic heterocycles. The third-order valence-electron chi connectivity index (χ3n) is 4.07. The van der Waals surface area contributed by atoms with E-state index in [0.29, 0.717) is 24.3 Å². The summed E-state index contributed by atoms with van der Waals surface area (Å²) in [7, 11) is 1.57. The molecular weight excluding hydrogens is 272 g/mol. The maximum atomic E-state index is 12.5. The van der Waals surface area contributed by atoms with Crippen molar-refractivity contribution in [1.82, 2.24) is 10.2 Å². The molecular formula is C15H16N2O4. The van der Waals surface area contributed by atoms with Gasteiger partial charge in [-0.2, -0.15) is 0 Å². The van der Waals surface area contributed by atoms with Gasteiger partial charge in [0.15, 0.2) is 0 Å². The maximum absolute atomic E-state index is 12.5. The molecule has 1 saturated heterocycles. The van der Waals surface area contributed by atoms with Gasteiger partial charge >= 0.3 is 0 Å². The van der Waals surface area contributed by atoms with Crippen molar-refractivity contribution < 1.29 is 19.1 Å². The Bertz CT molecular complexity index is 653. The van der Waals surface area contributed by atoms with E-state index in [9.17, 15) is 14.4 Å². The number of fused-ring (bicyclic) bond motifs is 1. The van der Waals surface area contributed by atoms with Gasteiger partial charge in [0.2, 0.25) is 11.8 Å². The number of hydrogen-bond donors (Lipinski definition) is 1. The van der Waals surface area contributed by atoms with Crippen molar-refractivity contribution in [2.45, 2.75) is 32.4 Å². The van der Waals surface area contributed by atoms with Crippen LogP contribution in [-0.2, 0) is 16.1 Å². The average Bonchev–Trinajstić information content (AvgIpc) is 2.76. The third-order valence-corrected chi connectivity index (χ3v) is 4.07. The molecule has 1 unspecified atom stereocenters. The van der Waals surface area contributed by atoms with Crippen LogP contribution in [0, 0.1) is 6.92 Å². The number of nitrogens with zero attached hydrogens (tertiary/aromatic N) is 1. The van der Waals surface area contributed by atoms with Crippen molar-refractivity contribution in [3.05, 3.63) is 28.8 Å². The lowest BCUT2D eigenvalue weighted by molar-refractivity contribution is -0.136. The first-order valence-electron chi connectivity index (χ1n) is 6.84. The van der Waals surface area contributed by atoms with E-state index < -0.39 is 11.9 Å². The molecule has 1 aromatic rings. The monoisotopic (exact) mass is 288 g/mol. The Morgan fingerprint density at radius 2 is 2.05 bits per heavy atom. The molecule has 2 aliphatic rings. The van der Waals surface area contributed by atoms with Gasteiger partial charge in [0.05, 0.1) is 13.7 Å². The number of aryl methyl sites for hydroxylation is 1. The molecule has 0 bridgehead atoms. The van der Waals surface area contributed by atoms with Crippen LogP contribution in [0.2, 0.25) is 0 Å². The molecule has 21 heavy (non-hydrogen) atoms. The molecule has 6 heteroatoms. The van der Waals surface area contributed by atoms with Crippen LogP contribution in [0.5, 0.6) is 5.75 Å². The van der Waals surface area contributed by atoms with Crippen molar-refractivity contribution in [1.29, 1.82) is 0 Å². The molecule has 3 rings (SSSR count). The van der Waals surface area contributed by atoms with Gasteiger partial charge in [-0.3, -0.25) is 19.7 Å². The van der Waals surface area contributed by atoms with Gasteiger partial charge in [0.25, 0.3) is 5.91 Å². The first-order valence-corrected chi connectivity index (χ1v) is 6.84. The summed E-state index contributed by atoms with van der Waals surface area (Å²) < 4.78 is 5.38. The summed E-state index contributed by atoms with van der Waals surface area (Å²) >= 11 is 0. The van der Waals surface area contributed by atoms with Gasteiger partial charge < -0.3 is 9.64 Å². The Labute approximate surface area is 122 Å². The number of hydrogen-bond acceptors (Lipinski definition) is 4. The predicted molar refractivity (Wildman–Crippen MR) is 73.8 cm³/mol. The maximum Gasteiger partial charge on any atom is 0.255 e. The highest BCUT2D eigenvalue weighted by Gasteiger charge is 2.40. The molecule has 1 fully saturated rings. The molecule has 1 N–H and O–H groups in total. The van der Waals surface area contributed by atoms with Gasteiger partial charge in [0, 0.05) is 17.5 Å². The average molecular weight is 288 g/mol. The quantitative estimate of drug-likeness (QED) is 0.815.